The minimum absolute atomic E-state index is 0.119. The van der Waals surface area contributed by atoms with Gasteiger partial charge in [-0.05, 0) is 38.0 Å². The van der Waals surface area contributed by atoms with Gasteiger partial charge in [0, 0.05) is 0 Å². The molecule has 182 valence electrons. The van der Waals surface area contributed by atoms with Gasteiger partial charge in [-0.25, -0.2) is 0 Å². The molecule has 1 aliphatic rings. The van der Waals surface area contributed by atoms with Crippen molar-refractivity contribution in [1.29, 1.82) is 0 Å². The van der Waals surface area contributed by atoms with Gasteiger partial charge < -0.3 is 9.84 Å². The topological polar surface area (TPSA) is 63.6 Å². The molecule has 0 spiro atoms. The number of unbranched alkanes of at least 4 members (excludes halogenated alkanes) is 9. The Labute approximate surface area is 191 Å². The van der Waals surface area contributed by atoms with Crippen LogP contribution >= 0.6 is 0 Å². The van der Waals surface area contributed by atoms with E-state index < -0.39 is 17.4 Å². The Bertz CT molecular complexity index is 480. The number of ether oxygens (including phenoxy) is 1. The molecule has 4 heteroatoms. The molecule has 0 aromatic carbocycles. The second-order valence-electron chi connectivity index (χ2n) is 10.3. The molecule has 0 aromatic heterocycles. The Morgan fingerprint density at radius 1 is 0.774 bits per heavy atom. The van der Waals surface area contributed by atoms with Crippen molar-refractivity contribution in [2.75, 3.05) is 0 Å². The first-order chi connectivity index (χ1) is 14.9. The standard InChI is InChI=1S/C27H50O4/c1-4-5-19-24(31-26(30)27(25(28)29)21-16-13-17-22-27)20-15-12-10-8-6-7-9-11-14-18-23(2)3/h23-24H,4-22H2,1-3H3,(H,28,29). The first-order valence-electron chi connectivity index (χ1n) is 13.4. The van der Waals surface area contributed by atoms with Crippen LogP contribution in [0.15, 0.2) is 0 Å². The summed E-state index contributed by atoms with van der Waals surface area (Å²) in [5.74, 6) is -0.633. The maximum absolute atomic E-state index is 12.9. The third-order valence-electron chi connectivity index (χ3n) is 6.97. The van der Waals surface area contributed by atoms with E-state index in [1.54, 1.807) is 0 Å². The van der Waals surface area contributed by atoms with Crippen LogP contribution in [0.1, 0.15) is 143 Å². The summed E-state index contributed by atoms with van der Waals surface area (Å²) >= 11 is 0. The fourth-order valence-corrected chi connectivity index (χ4v) is 4.78. The van der Waals surface area contributed by atoms with E-state index in [1.165, 1.54) is 57.8 Å². The highest BCUT2D eigenvalue weighted by atomic mass is 16.5. The molecule has 1 rings (SSSR count). The lowest BCUT2D eigenvalue weighted by atomic mass is 9.74. The summed E-state index contributed by atoms with van der Waals surface area (Å²) in [6, 6.07) is 0. The van der Waals surface area contributed by atoms with E-state index in [2.05, 4.69) is 20.8 Å². The highest BCUT2D eigenvalue weighted by molar-refractivity contribution is 5.99. The Kier molecular flexibility index (Phi) is 14.9. The minimum atomic E-state index is -1.29. The molecule has 0 radical (unpaired) electrons. The van der Waals surface area contributed by atoms with Crippen LogP contribution in [0, 0.1) is 11.3 Å². The molecule has 0 heterocycles. The van der Waals surface area contributed by atoms with Crippen molar-refractivity contribution in [3.63, 3.8) is 0 Å². The fourth-order valence-electron chi connectivity index (χ4n) is 4.78. The molecular weight excluding hydrogens is 388 g/mol. The lowest BCUT2D eigenvalue weighted by Gasteiger charge is -2.32. The number of carboxylic acid groups (broad SMARTS) is 1. The molecule has 0 aliphatic heterocycles. The minimum Gasteiger partial charge on any atom is -0.480 e. The zero-order valence-electron chi connectivity index (χ0n) is 20.8. The van der Waals surface area contributed by atoms with E-state index in [-0.39, 0.29) is 6.10 Å². The number of hydrogen-bond acceptors (Lipinski definition) is 3. The zero-order chi connectivity index (χ0) is 23.0. The monoisotopic (exact) mass is 438 g/mol. The van der Waals surface area contributed by atoms with Crippen LogP contribution in [0.5, 0.6) is 0 Å². The first-order valence-corrected chi connectivity index (χ1v) is 13.4. The third-order valence-corrected chi connectivity index (χ3v) is 6.97. The number of hydrogen-bond donors (Lipinski definition) is 1. The van der Waals surface area contributed by atoms with E-state index in [1.807, 2.05) is 0 Å². The zero-order valence-corrected chi connectivity index (χ0v) is 20.8. The summed E-state index contributed by atoms with van der Waals surface area (Å²) in [6.07, 6.45) is 20.1. The van der Waals surface area contributed by atoms with E-state index in [0.29, 0.717) is 12.8 Å². The molecule has 31 heavy (non-hydrogen) atoms. The summed E-state index contributed by atoms with van der Waals surface area (Å²) in [6.45, 7) is 6.74. The van der Waals surface area contributed by atoms with Gasteiger partial charge in [-0.2, -0.15) is 0 Å². The fraction of sp³-hybridized carbons (Fsp3) is 0.926. The molecule has 0 saturated heterocycles. The molecule has 0 bridgehead atoms. The summed E-state index contributed by atoms with van der Waals surface area (Å²) in [5, 5.41) is 9.74. The van der Waals surface area contributed by atoms with Crippen molar-refractivity contribution < 1.29 is 19.4 Å². The number of rotatable bonds is 18. The van der Waals surface area contributed by atoms with Crippen molar-refractivity contribution in [1.82, 2.24) is 0 Å². The van der Waals surface area contributed by atoms with E-state index in [4.69, 9.17) is 4.74 Å². The van der Waals surface area contributed by atoms with Crippen LogP contribution in [-0.2, 0) is 14.3 Å². The summed E-state index contributed by atoms with van der Waals surface area (Å²) in [5.41, 5.74) is -1.29. The number of carboxylic acids is 1. The van der Waals surface area contributed by atoms with E-state index >= 15 is 0 Å². The summed E-state index contributed by atoms with van der Waals surface area (Å²) in [4.78, 5) is 24.7. The average Bonchev–Trinajstić information content (AvgIpc) is 2.75. The molecule has 1 N–H and O–H groups in total. The molecule has 1 saturated carbocycles. The average molecular weight is 439 g/mol. The van der Waals surface area contributed by atoms with Crippen molar-refractivity contribution in [2.45, 2.75) is 149 Å². The van der Waals surface area contributed by atoms with Gasteiger partial charge >= 0.3 is 11.9 Å². The van der Waals surface area contributed by atoms with Crippen molar-refractivity contribution in [2.24, 2.45) is 11.3 Å². The summed E-state index contributed by atoms with van der Waals surface area (Å²) < 4.78 is 5.84. The number of carbonyl (C=O) groups is 2. The second-order valence-corrected chi connectivity index (χ2v) is 10.3. The lowest BCUT2D eigenvalue weighted by molar-refractivity contribution is -0.175. The van der Waals surface area contributed by atoms with Crippen molar-refractivity contribution in [3.05, 3.63) is 0 Å². The predicted octanol–water partition coefficient (Wildman–Crippen LogP) is 8.07. The van der Waals surface area contributed by atoms with Crippen LogP contribution in [0.25, 0.3) is 0 Å². The van der Waals surface area contributed by atoms with Gasteiger partial charge in [0.15, 0.2) is 5.41 Å². The molecule has 0 aromatic rings. The molecule has 1 aliphatic carbocycles. The number of carbonyl (C=O) groups excluding carboxylic acids is 1. The van der Waals surface area contributed by atoms with Gasteiger partial charge in [-0.15, -0.1) is 0 Å². The van der Waals surface area contributed by atoms with Gasteiger partial charge in [0.25, 0.3) is 0 Å². The molecule has 1 unspecified atom stereocenters. The number of aliphatic carboxylic acids is 1. The molecule has 1 fully saturated rings. The highest BCUT2D eigenvalue weighted by Gasteiger charge is 2.48. The normalized spacial score (nSPS) is 16.9. The molecule has 1 atom stereocenters. The SMILES string of the molecule is CCCCC(CCCCCCCCCCCC(C)C)OC(=O)C1(C(=O)O)CCCCC1. The van der Waals surface area contributed by atoms with Crippen LogP contribution in [-0.4, -0.2) is 23.1 Å². The van der Waals surface area contributed by atoms with Gasteiger partial charge in [-0.3, -0.25) is 9.59 Å². The number of esters is 1. The Morgan fingerprint density at radius 3 is 1.74 bits per heavy atom. The third kappa shape index (κ3) is 11.4. The van der Waals surface area contributed by atoms with Gasteiger partial charge in [0.2, 0.25) is 0 Å². The Hall–Kier alpha value is -1.06. The maximum atomic E-state index is 12.9. The van der Waals surface area contributed by atoms with Crippen LogP contribution in [0.3, 0.4) is 0 Å². The summed E-state index contributed by atoms with van der Waals surface area (Å²) in [7, 11) is 0. The van der Waals surface area contributed by atoms with Gasteiger partial charge in [0.1, 0.15) is 6.10 Å². The van der Waals surface area contributed by atoms with Crippen LogP contribution in [0.2, 0.25) is 0 Å². The van der Waals surface area contributed by atoms with Crippen molar-refractivity contribution >= 4 is 11.9 Å². The van der Waals surface area contributed by atoms with Crippen LogP contribution in [0.4, 0.5) is 0 Å². The smallest absolute Gasteiger partial charge is 0.323 e. The molecule has 0 amide bonds. The van der Waals surface area contributed by atoms with Crippen molar-refractivity contribution in [3.8, 4) is 0 Å². The van der Waals surface area contributed by atoms with Gasteiger partial charge in [0.05, 0.1) is 0 Å². The largest absolute Gasteiger partial charge is 0.480 e. The van der Waals surface area contributed by atoms with Crippen LogP contribution < -0.4 is 0 Å². The first kappa shape index (κ1) is 28.0. The second kappa shape index (κ2) is 16.6. The maximum Gasteiger partial charge on any atom is 0.323 e. The molecular formula is C27H50O4. The Balaban J connectivity index is 2.26. The highest BCUT2D eigenvalue weighted by Crippen LogP contribution is 2.38. The predicted molar refractivity (Wildman–Crippen MR) is 128 cm³/mol. The quantitative estimate of drug-likeness (QED) is 0.133. The van der Waals surface area contributed by atoms with E-state index in [9.17, 15) is 14.7 Å². The Morgan fingerprint density at radius 2 is 1.26 bits per heavy atom. The van der Waals surface area contributed by atoms with Gasteiger partial charge in [-0.1, -0.05) is 111 Å². The molecule has 4 nitrogen and oxygen atoms in total. The van der Waals surface area contributed by atoms with E-state index in [0.717, 1.165) is 57.3 Å². The lowest BCUT2D eigenvalue weighted by Crippen LogP contribution is -2.43.